The second kappa shape index (κ2) is 14.8. The Kier molecular flexibility index (Phi) is 10.7. The average Bonchev–Trinajstić information content (AvgIpc) is 2.98. The van der Waals surface area contributed by atoms with Crippen molar-refractivity contribution in [2.24, 2.45) is 5.92 Å². The van der Waals surface area contributed by atoms with E-state index in [-0.39, 0.29) is 11.8 Å². The summed E-state index contributed by atoms with van der Waals surface area (Å²) >= 11 is 0. The molecule has 7 nitrogen and oxygen atoms in total. The van der Waals surface area contributed by atoms with Gasteiger partial charge in [-0.15, -0.1) is 0 Å². The van der Waals surface area contributed by atoms with Crippen LogP contribution in [0.15, 0.2) is 103 Å². The number of carbonyl (C=O) groups excluding carboxylic acids is 2. The maximum Gasteiger partial charge on any atom is 0.246 e. The van der Waals surface area contributed by atoms with Gasteiger partial charge < -0.3 is 20.1 Å². The quantitative estimate of drug-likeness (QED) is 0.181. The van der Waals surface area contributed by atoms with Crippen molar-refractivity contribution in [1.82, 2.24) is 4.90 Å². The first-order valence-corrected chi connectivity index (χ1v) is 14.1. The van der Waals surface area contributed by atoms with Crippen molar-refractivity contribution in [2.75, 3.05) is 24.4 Å². The molecule has 4 aromatic carbocycles. The number of nitrogens with zero attached hydrogens (tertiary/aromatic N) is 1. The number of ether oxygens (including phenoxy) is 2. The summed E-state index contributed by atoms with van der Waals surface area (Å²) in [5, 5.41) is 5.85. The number of carbonyl (C=O) groups is 2. The van der Waals surface area contributed by atoms with Crippen molar-refractivity contribution in [3.8, 4) is 11.5 Å². The lowest BCUT2D eigenvalue weighted by molar-refractivity contribution is -0.122. The molecule has 0 radical (unpaired) electrons. The molecule has 0 saturated heterocycles. The minimum absolute atomic E-state index is 0.149. The second-order valence-electron chi connectivity index (χ2n) is 10.6. The Morgan fingerprint density at radius 1 is 0.738 bits per heavy atom. The second-order valence-corrected chi connectivity index (χ2v) is 10.6. The van der Waals surface area contributed by atoms with Gasteiger partial charge in [-0.05, 0) is 59.0 Å². The molecule has 4 rings (SSSR count). The van der Waals surface area contributed by atoms with Crippen LogP contribution in [0.5, 0.6) is 11.5 Å². The van der Waals surface area contributed by atoms with E-state index in [1.54, 1.807) is 31.4 Å². The molecule has 7 heteroatoms. The van der Waals surface area contributed by atoms with Crippen LogP contribution >= 0.6 is 0 Å². The summed E-state index contributed by atoms with van der Waals surface area (Å²) in [6, 6.07) is 32.4. The molecule has 42 heavy (non-hydrogen) atoms. The molecule has 1 atom stereocenters. The van der Waals surface area contributed by atoms with Gasteiger partial charge in [0, 0.05) is 31.4 Å². The van der Waals surface area contributed by atoms with Crippen LogP contribution in [0.4, 0.5) is 11.4 Å². The topological polar surface area (TPSA) is 79.9 Å². The van der Waals surface area contributed by atoms with Gasteiger partial charge in [-0.25, -0.2) is 0 Å². The highest BCUT2D eigenvalue weighted by Crippen LogP contribution is 2.32. The van der Waals surface area contributed by atoms with Gasteiger partial charge in [0.15, 0.2) is 11.5 Å². The molecule has 218 valence electrons. The van der Waals surface area contributed by atoms with E-state index in [9.17, 15) is 9.59 Å². The summed E-state index contributed by atoms with van der Waals surface area (Å²) in [6.07, 6.45) is 0. The molecule has 0 fully saturated rings. The minimum atomic E-state index is -0.594. The highest BCUT2D eigenvalue weighted by atomic mass is 16.5. The van der Waals surface area contributed by atoms with Crippen LogP contribution in [0.2, 0.25) is 0 Å². The molecule has 0 bridgehead atoms. The van der Waals surface area contributed by atoms with Crippen molar-refractivity contribution in [1.29, 1.82) is 0 Å². The fourth-order valence-electron chi connectivity index (χ4n) is 4.69. The van der Waals surface area contributed by atoms with Gasteiger partial charge in [-0.2, -0.15) is 0 Å². The zero-order valence-corrected chi connectivity index (χ0v) is 24.7. The van der Waals surface area contributed by atoms with E-state index in [4.69, 9.17) is 9.47 Å². The largest absolute Gasteiger partial charge is 0.493 e. The molecule has 0 aliphatic rings. The standard InChI is InChI=1S/C35H39N3O4/c1-25(2)24-42-33-21-28(15-20-32(33)41-4)23-38(22-27-11-7-5-8-12-27)34(29-13-9-6-10-14-29)35(40)37-31-18-16-30(17-19-31)36-26(3)39/h5-21,25,34H,22-24H2,1-4H3,(H,36,39)(H,37,40). The van der Waals surface area contributed by atoms with Crippen LogP contribution in [-0.2, 0) is 22.7 Å². The van der Waals surface area contributed by atoms with Gasteiger partial charge in [0.2, 0.25) is 11.8 Å². The van der Waals surface area contributed by atoms with Gasteiger partial charge in [0.25, 0.3) is 0 Å². The van der Waals surface area contributed by atoms with E-state index in [2.05, 4.69) is 41.5 Å². The Hall–Kier alpha value is -4.62. The van der Waals surface area contributed by atoms with Crippen LogP contribution in [0.1, 0.15) is 43.5 Å². The Morgan fingerprint density at radius 2 is 1.33 bits per heavy atom. The first kappa shape index (κ1) is 30.3. The number of nitrogens with one attached hydrogen (secondary N) is 2. The summed E-state index contributed by atoms with van der Waals surface area (Å²) in [7, 11) is 1.64. The fraction of sp³-hybridized carbons (Fsp3) is 0.257. The lowest BCUT2D eigenvalue weighted by Gasteiger charge is -2.32. The van der Waals surface area contributed by atoms with Gasteiger partial charge in [-0.1, -0.05) is 80.6 Å². The van der Waals surface area contributed by atoms with E-state index >= 15 is 0 Å². The van der Waals surface area contributed by atoms with E-state index in [0.717, 1.165) is 16.7 Å². The molecular weight excluding hydrogens is 526 g/mol. The molecule has 0 aliphatic carbocycles. The number of benzene rings is 4. The molecule has 1 unspecified atom stereocenters. The van der Waals surface area contributed by atoms with Crippen LogP contribution in [0, 0.1) is 5.92 Å². The number of amides is 2. The van der Waals surface area contributed by atoms with Gasteiger partial charge in [0.05, 0.1) is 13.7 Å². The number of hydrogen-bond donors (Lipinski definition) is 2. The molecule has 2 N–H and O–H groups in total. The lowest BCUT2D eigenvalue weighted by atomic mass is 10.0. The zero-order chi connectivity index (χ0) is 29.9. The average molecular weight is 566 g/mol. The van der Waals surface area contributed by atoms with E-state index in [1.807, 2.05) is 66.7 Å². The Labute approximate surface area is 248 Å². The number of rotatable bonds is 13. The van der Waals surface area contributed by atoms with Crippen molar-refractivity contribution >= 4 is 23.2 Å². The van der Waals surface area contributed by atoms with Crippen molar-refractivity contribution < 1.29 is 19.1 Å². The van der Waals surface area contributed by atoms with Gasteiger partial charge in [0.1, 0.15) is 6.04 Å². The van der Waals surface area contributed by atoms with E-state index in [0.29, 0.717) is 48.5 Å². The molecule has 4 aromatic rings. The number of anilines is 2. The molecular formula is C35H39N3O4. The molecule has 0 heterocycles. The van der Waals surface area contributed by atoms with Crippen molar-refractivity contribution in [3.63, 3.8) is 0 Å². The predicted octanol–water partition coefficient (Wildman–Crippen LogP) is 7.07. The maximum absolute atomic E-state index is 14.1. The molecule has 0 saturated carbocycles. The highest BCUT2D eigenvalue weighted by molar-refractivity contribution is 5.96. The molecule has 0 spiro atoms. The molecule has 2 amide bonds. The fourth-order valence-corrected chi connectivity index (χ4v) is 4.69. The zero-order valence-electron chi connectivity index (χ0n) is 24.7. The molecule has 0 aliphatic heterocycles. The van der Waals surface area contributed by atoms with E-state index in [1.165, 1.54) is 6.92 Å². The van der Waals surface area contributed by atoms with Crippen LogP contribution in [0.3, 0.4) is 0 Å². The smallest absolute Gasteiger partial charge is 0.246 e. The summed E-state index contributed by atoms with van der Waals surface area (Å²) < 4.78 is 11.6. The predicted molar refractivity (Wildman–Crippen MR) is 168 cm³/mol. The van der Waals surface area contributed by atoms with E-state index < -0.39 is 6.04 Å². The van der Waals surface area contributed by atoms with Crippen LogP contribution < -0.4 is 20.1 Å². The third kappa shape index (κ3) is 8.69. The Balaban J connectivity index is 1.68. The number of methoxy groups -OCH3 is 1. The first-order valence-electron chi connectivity index (χ1n) is 14.1. The monoisotopic (exact) mass is 565 g/mol. The molecule has 0 aromatic heterocycles. The van der Waals surface area contributed by atoms with Gasteiger partial charge >= 0.3 is 0 Å². The third-order valence-corrected chi connectivity index (χ3v) is 6.62. The van der Waals surface area contributed by atoms with Crippen molar-refractivity contribution in [3.05, 3.63) is 120 Å². The maximum atomic E-state index is 14.1. The lowest BCUT2D eigenvalue weighted by Crippen LogP contribution is -2.36. The Bertz CT molecular complexity index is 1440. The summed E-state index contributed by atoms with van der Waals surface area (Å²) in [4.78, 5) is 27.7. The number of hydrogen-bond acceptors (Lipinski definition) is 5. The first-order chi connectivity index (χ1) is 20.3. The van der Waals surface area contributed by atoms with Crippen LogP contribution in [0.25, 0.3) is 0 Å². The summed E-state index contributed by atoms with van der Waals surface area (Å²) in [5.74, 6) is 1.42. The van der Waals surface area contributed by atoms with Gasteiger partial charge in [-0.3, -0.25) is 14.5 Å². The normalized spacial score (nSPS) is 11.7. The van der Waals surface area contributed by atoms with Crippen LogP contribution in [-0.4, -0.2) is 30.4 Å². The highest BCUT2D eigenvalue weighted by Gasteiger charge is 2.28. The Morgan fingerprint density at radius 3 is 1.93 bits per heavy atom. The van der Waals surface area contributed by atoms with Crippen molar-refractivity contribution in [2.45, 2.75) is 39.9 Å². The summed E-state index contributed by atoms with van der Waals surface area (Å²) in [6.45, 7) is 7.28. The summed E-state index contributed by atoms with van der Waals surface area (Å²) in [5.41, 5.74) is 4.28. The SMILES string of the molecule is COc1ccc(CN(Cc2ccccc2)C(C(=O)Nc2ccc(NC(C)=O)cc2)c2ccccc2)cc1OCC(C)C. The third-order valence-electron chi connectivity index (χ3n) is 6.62. The minimum Gasteiger partial charge on any atom is -0.493 e.